The smallest absolute Gasteiger partial charge is 0.0486 e. The molecule has 2 heterocycles. The number of fused-ring (bicyclic) bond motifs is 3. The van der Waals surface area contributed by atoms with Crippen molar-refractivity contribution in [2.75, 3.05) is 6.54 Å². The van der Waals surface area contributed by atoms with Gasteiger partial charge in [0.1, 0.15) is 0 Å². The third-order valence-electron chi connectivity index (χ3n) is 2.84. The highest BCUT2D eigenvalue weighted by atomic mass is 127. The number of H-pyrrole nitrogens is 1. The van der Waals surface area contributed by atoms with E-state index >= 15 is 0 Å². The summed E-state index contributed by atoms with van der Waals surface area (Å²) in [5, 5.41) is 1.41. The topological polar surface area (TPSA) is 19.0 Å². The van der Waals surface area contributed by atoms with Crippen LogP contribution < -0.4 is 0 Å². The van der Waals surface area contributed by atoms with Gasteiger partial charge in [0.05, 0.1) is 0 Å². The first-order chi connectivity index (χ1) is 6.84. The van der Waals surface area contributed by atoms with Crippen LogP contribution in [0.2, 0.25) is 0 Å². The van der Waals surface area contributed by atoms with Crippen LogP contribution in [0.4, 0.5) is 0 Å². The summed E-state index contributed by atoms with van der Waals surface area (Å²) in [5.74, 6) is 0. The van der Waals surface area contributed by atoms with Crippen LogP contribution in [0.15, 0.2) is 24.3 Å². The van der Waals surface area contributed by atoms with E-state index in [4.69, 9.17) is 0 Å². The van der Waals surface area contributed by atoms with Gasteiger partial charge in [0.25, 0.3) is 0 Å². The average molecular weight is 298 g/mol. The first-order valence-electron chi connectivity index (χ1n) is 4.84. The molecule has 1 aromatic carbocycles. The highest BCUT2D eigenvalue weighted by Gasteiger charge is 2.18. The molecule has 2 aromatic rings. The number of rotatable bonds is 0. The van der Waals surface area contributed by atoms with E-state index in [0.717, 1.165) is 13.1 Å². The van der Waals surface area contributed by atoms with Crippen molar-refractivity contribution in [3.05, 3.63) is 35.5 Å². The van der Waals surface area contributed by atoms with Gasteiger partial charge in [0.2, 0.25) is 0 Å². The molecule has 1 aliphatic rings. The second-order valence-electron chi connectivity index (χ2n) is 3.72. The van der Waals surface area contributed by atoms with Crippen molar-refractivity contribution < 1.29 is 0 Å². The average Bonchev–Trinajstić information content (AvgIpc) is 2.54. The van der Waals surface area contributed by atoms with E-state index in [2.05, 4.69) is 55.2 Å². The van der Waals surface area contributed by atoms with Crippen LogP contribution in [0.5, 0.6) is 0 Å². The fraction of sp³-hybridized carbons (Fsp3) is 0.273. The SMILES string of the molecule is IN1CCc2c([nH]c3ccccc23)C1. The van der Waals surface area contributed by atoms with Crippen LogP contribution in [0, 0.1) is 0 Å². The summed E-state index contributed by atoms with van der Waals surface area (Å²) in [6, 6.07) is 8.58. The number of hydrogen-bond acceptors (Lipinski definition) is 1. The first-order valence-corrected chi connectivity index (χ1v) is 5.80. The minimum atomic E-state index is 1.05. The van der Waals surface area contributed by atoms with Gasteiger partial charge in [-0.15, -0.1) is 0 Å². The summed E-state index contributed by atoms with van der Waals surface area (Å²) in [5.41, 5.74) is 4.20. The summed E-state index contributed by atoms with van der Waals surface area (Å²) < 4.78 is 2.33. The maximum absolute atomic E-state index is 3.50. The Morgan fingerprint density at radius 2 is 2.14 bits per heavy atom. The molecule has 0 saturated heterocycles. The number of benzene rings is 1. The second kappa shape index (κ2) is 3.24. The Labute approximate surface area is 96.8 Å². The van der Waals surface area contributed by atoms with Crippen LogP contribution in [0.3, 0.4) is 0 Å². The number of halogens is 1. The predicted octanol–water partition coefficient (Wildman–Crippen LogP) is 2.88. The molecule has 0 unspecified atom stereocenters. The van der Waals surface area contributed by atoms with E-state index in [1.807, 2.05) is 0 Å². The molecule has 14 heavy (non-hydrogen) atoms. The number of nitrogens with one attached hydrogen (secondary N) is 1. The number of aromatic nitrogens is 1. The standard InChI is InChI=1S/C11H11IN2/c12-14-6-5-9-8-3-1-2-4-10(8)13-11(9)7-14/h1-4,13H,5-7H2. The normalized spacial score (nSPS) is 17.2. The van der Waals surface area contributed by atoms with Crippen LogP contribution in [-0.4, -0.2) is 14.6 Å². The molecule has 2 nitrogen and oxygen atoms in total. The van der Waals surface area contributed by atoms with Crippen LogP contribution in [0.25, 0.3) is 10.9 Å². The van der Waals surface area contributed by atoms with Crippen molar-refractivity contribution in [2.45, 2.75) is 13.0 Å². The number of hydrogen-bond donors (Lipinski definition) is 1. The van der Waals surface area contributed by atoms with Crippen molar-refractivity contribution in [1.29, 1.82) is 0 Å². The molecule has 1 N–H and O–H groups in total. The van der Waals surface area contributed by atoms with E-state index < -0.39 is 0 Å². The molecule has 0 saturated carbocycles. The minimum Gasteiger partial charge on any atom is -0.357 e. The summed E-state index contributed by atoms with van der Waals surface area (Å²) in [7, 11) is 0. The Morgan fingerprint density at radius 1 is 1.29 bits per heavy atom. The summed E-state index contributed by atoms with van der Waals surface area (Å²) in [6.45, 7) is 2.21. The van der Waals surface area contributed by atoms with Crippen LogP contribution >= 0.6 is 22.9 Å². The second-order valence-corrected chi connectivity index (χ2v) is 5.09. The lowest BCUT2D eigenvalue weighted by Gasteiger charge is -2.20. The summed E-state index contributed by atoms with van der Waals surface area (Å²) in [6.07, 6.45) is 1.17. The van der Waals surface area contributed by atoms with E-state index in [9.17, 15) is 0 Å². The molecule has 72 valence electrons. The van der Waals surface area contributed by atoms with Gasteiger partial charge in [-0.3, -0.25) is 0 Å². The lowest BCUT2D eigenvalue weighted by Crippen LogP contribution is -2.20. The molecule has 0 radical (unpaired) electrons. The monoisotopic (exact) mass is 298 g/mol. The van der Waals surface area contributed by atoms with Crippen molar-refractivity contribution in [3.8, 4) is 0 Å². The van der Waals surface area contributed by atoms with Crippen molar-refractivity contribution in [2.24, 2.45) is 0 Å². The van der Waals surface area contributed by atoms with E-state index in [0.29, 0.717) is 0 Å². The Balaban J connectivity index is 2.24. The number of aromatic amines is 1. The molecule has 0 amide bonds. The first kappa shape index (κ1) is 8.73. The molecule has 0 bridgehead atoms. The lowest BCUT2D eigenvalue weighted by molar-refractivity contribution is 0.476. The highest BCUT2D eigenvalue weighted by Crippen LogP contribution is 2.28. The van der Waals surface area contributed by atoms with Crippen molar-refractivity contribution in [3.63, 3.8) is 0 Å². The lowest BCUT2D eigenvalue weighted by atomic mass is 10.1. The van der Waals surface area contributed by atoms with E-state index in [-0.39, 0.29) is 0 Å². The third kappa shape index (κ3) is 1.26. The fourth-order valence-corrected chi connectivity index (χ4v) is 2.74. The summed E-state index contributed by atoms with van der Waals surface area (Å²) in [4.78, 5) is 3.50. The fourth-order valence-electron chi connectivity index (χ4n) is 2.16. The Bertz CT molecular complexity index is 475. The quantitative estimate of drug-likeness (QED) is 0.585. The van der Waals surface area contributed by atoms with Gasteiger partial charge in [-0.25, -0.2) is 3.11 Å². The Morgan fingerprint density at radius 3 is 3.07 bits per heavy atom. The van der Waals surface area contributed by atoms with Crippen molar-refractivity contribution >= 4 is 33.8 Å². The maximum Gasteiger partial charge on any atom is 0.0486 e. The highest BCUT2D eigenvalue weighted by molar-refractivity contribution is 14.1. The van der Waals surface area contributed by atoms with Crippen molar-refractivity contribution in [1.82, 2.24) is 8.10 Å². The van der Waals surface area contributed by atoms with Gasteiger partial charge in [0.15, 0.2) is 0 Å². The Kier molecular flexibility index (Phi) is 2.02. The van der Waals surface area contributed by atoms with Gasteiger partial charge in [0, 0.05) is 52.6 Å². The molecular weight excluding hydrogens is 287 g/mol. The molecule has 1 aliphatic heterocycles. The Hall–Kier alpha value is -0.550. The largest absolute Gasteiger partial charge is 0.357 e. The molecular formula is C11H11IN2. The van der Waals surface area contributed by atoms with Gasteiger partial charge < -0.3 is 4.98 Å². The molecule has 3 heteroatoms. The third-order valence-corrected chi connectivity index (χ3v) is 3.66. The molecule has 0 aliphatic carbocycles. The maximum atomic E-state index is 3.50. The molecule has 1 aromatic heterocycles. The zero-order valence-electron chi connectivity index (χ0n) is 7.76. The predicted molar refractivity (Wildman–Crippen MR) is 66.4 cm³/mol. The van der Waals surface area contributed by atoms with Gasteiger partial charge in [-0.1, -0.05) is 18.2 Å². The number of para-hydroxylation sites is 1. The minimum absolute atomic E-state index is 1.05. The van der Waals surface area contributed by atoms with Crippen LogP contribution in [0.1, 0.15) is 11.3 Å². The van der Waals surface area contributed by atoms with E-state index in [1.165, 1.54) is 28.6 Å². The zero-order valence-corrected chi connectivity index (χ0v) is 9.91. The molecule has 0 fully saturated rings. The van der Waals surface area contributed by atoms with E-state index in [1.54, 1.807) is 0 Å². The van der Waals surface area contributed by atoms with Gasteiger partial charge >= 0.3 is 0 Å². The molecule has 0 spiro atoms. The van der Waals surface area contributed by atoms with Crippen LogP contribution in [-0.2, 0) is 13.0 Å². The molecule has 3 rings (SSSR count). The summed E-state index contributed by atoms with van der Waals surface area (Å²) >= 11 is 2.39. The number of nitrogens with zero attached hydrogens (tertiary/aromatic N) is 1. The van der Waals surface area contributed by atoms with Gasteiger partial charge in [-0.2, -0.15) is 0 Å². The molecule has 0 atom stereocenters. The zero-order chi connectivity index (χ0) is 9.54. The van der Waals surface area contributed by atoms with Gasteiger partial charge in [-0.05, 0) is 18.1 Å².